The first-order valence-corrected chi connectivity index (χ1v) is 7.65. The van der Waals surface area contributed by atoms with Crippen LogP contribution in [0.2, 0.25) is 0 Å². The molecule has 0 aliphatic carbocycles. The van der Waals surface area contributed by atoms with Crippen LogP contribution in [-0.2, 0) is 11.8 Å². The Morgan fingerprint density at radius 1 is 1.29 bits per heavy atom. The molecule has 0 aromatic carbocycles. The summed E-state index contributed by atoms with van der Waals surface area (Å²) >= 11 is 2.16. The fourth-order valence-electron chi connectivity index (χ4n) is 1.76. The third-order valence-electron chi connectivity index (χ3n) is 2.99. The number of thiophene rings is 1. The summed E-state index contributed by atoms with van der Waals surface area (Å²) in [6.07, 6.45) is 0. The molecule has 0 aliphatic rings. The number of esters is 1. The van der Waals surface area contributed by atoms with Crippen molar-refractivity contribution in [3.63, 3.8) is 0 Å². The van der Waals surface area contributed by atoms with Crippen LogP contribution in [0.3, 0.4) is 0 Å². The van der Waals surface area contributed by atoms with Gasteiger partial charge < -0.3 is 14.6 Å². The Balaban J connectivity index is 2.34. The van der Waals surface area contributed by atoms with Crippen LogP contribution in [0.15, 0.2) is 10.9 Å². The molecule has 1 amide bonds. The van der Waals surface area contributed by atoms with Crippen LogP contribution >= 0.6 is 22.7 Å². The molecule has 0 saturated heterocycles. The highest BCUT2D eigenvalue weighted by Crippen LogP contribution is 2.29. The Labute approximate surface area is 129 Å². The number of hydrogen-bond donors (Lipinski definition) is 1. The predicted octanol–water partition coefficient (Wildman–Crippen LogP) is 2.16. The van der Waals surface area contributed by atoms with Crippen molar-refractivity contribution >= 4 is 39.6 Å². The smallest absolute Gasteiger partial charge is 0.340 e. The number of nitrogens with zero attached hydrogens (tertiary/aromatic N) is 1. The summed E-state index contributed by atoms with van der Waals surface area (Å²) in [5.74, 6) is -0.908. The van der Waals surface area contributed by atoms with E-state index in [2.05, 4.69) is 10.1 Å². The highest BCUT2D eigenvalue weighted by molar-refractivity contribution is 7.17. The Hall–Kier alpha value is -1.93. The molecule has 0 fully saturated rings. The molecule has 0 atom stereocenters. The number of ether oxygens (including phenoxy) is 1. The van der Waals surface area contributed by atoms with Crippen LogP contribution in [0.1, 0.15) is 30.6 Å². The van der Waals surface area contributed by atoms with Gasteiger partial charge in [-0.1, -0.05) is 11.3 Å². The average molecular weight is 326 g/mol. The third-order valence-corrected chi connectivity index (χ3v) is 5.09. The van der Waals surface area contributed by atoms with Gasteiger partial charge in [-0.25, -0.2) is 4.79 Å². The maximum absolute atomic E-state index is 12.3. The molecule has 21 heavy (non-hydrogen) atoms. The highest BCUT2D eigenvalue weighted by atomic mass is 32.1. The molecular formula is C13H14N2O4S2. The first-order chi connectivity index (χ1) is 9.85. The Kier molecular flexibility index (Phi) is 4.29. The molecule has 112 valence electrons. The number of aryl methyl sites for hydroxylation is 1. The van der Waals surface area contributed by atoms with E-state index in [4.69, 9.17) is 0 Å². The van der Waals surface area contributed by atoms with Crippen LogP contribution in [-0.4, -0.2) is 23.6 Å². The van der Waals surface area contributed by atoms with E-state index in [-0.39, 0.29) is 4.87 Å². The minimum absolute atomic E-state index is 0.201. The van der Waals surface area contributed by atoms with Gasteiger partial charge in [0.15, 0.2) is 0 Å². The maximum atomic E-state index is 12.3. The molecule has 1 N–H and O–H groups in total. The quantitative estimate of drug-likeness (QED) is 0.877. The molecule has 0 aliphatic heterocycles. The average Bonchev–Trinajstić information content (AvgIpc) is 2.93. The zero-order chi connectivity index (χ0) is 15.7. The second-order valence-electron chi connectivity index (χ2n) is 4.39. The number of hydrogen-bond acceptors (Lipinski definition) is 6. The Bertz CT molecular complexity index is 770. The summed E-state index contributed by atoms with van der Waals surface area (Å²) in [6.45, 7) is 3.53. The highest BCUT2D eigenvalue weighted by Gasteiger charge is 2.21. The van der Waals surface area contributed by atoms with Crippen molar-refractivity contribution in [3.05, 3.63) is 36.7 Å². The lowest BCUT2D eigenvalue weighted by atomic mass is 10.3. The molecule has 0 unspecified atom stereocenters. The van der Waals surface area contributed by atoms with Gasteiger partial charge in [0.25, 0.3) is 5.91 Å². The van der Waals surface area contributed by atoms with Gasteiger partial charge in [-0.15, -0.1) is 11.3 Å². The lowest BCUT2D eigenvalue weighted by molar-refractivity contribution is 0.0602. The Morgan fingerprint density at radius 2 is 1.95 bits per heavy atom. The maximum Gasteiger partial charge on any atom is 0.340 e. The largest absolute Gasteiger partial charge is 0.465 e. The van der Waals surface area contributed by atoms with Crippen LogP contribution in [0.4, 0.5) is 5.00 Å². The van der Waals surface area contributed by atoms with E-state index < -0.39 is 11.9 Å². The molecule has 2 heterocycles. The lowest BCUT2D eigenvalue weighted by Crippen LogP contribution is -2.14. The third kappa shape index (κ3) is 2.91. The molecule has 0 radical (unpaired) electrons. The number of rotatable bonds is 3. The minimum Gasteiger partial charge on any atom is -0.465 e. The molecule has 2 rings (SSSR count). The minimum atomic E-state index is -0.507. The SMILES string of the molecule is COC(=O)c1cc(C)sc1NC(=O)c1sc(=O)n(C)c1C. The summed E-state index contributed by atoms with van der Waals surface area (Å²) in [7, 11) is 2.90. The van der Waals surface area contributed by atoms with Crippen molar-refractivity contribution in [3.8, 4) is 0 Å². The van der Waals surface area contributed by atoms with E-state index in [9.17, 15) is 14.4 Å². The topological polar surface area (TPSA) is 77.4 Å². The number of amides is 1. The van der Waals surface area contributed by atoms with E-state index in [1.54, 1.807) is 20.0 Å². The summed E-state index contributed by atoms with van der Waals surface area (Å²) in [4.78, 5) is 36.5. The molecule has 0 saturated carbocycles. The van der Waals surface area contributed by atoms with E-state index in [1.807, 2.05) is 6.92 Å². The van der Waals surface area contributed by atoms with Crippen molar-refractivity contribution in [1.82, 2.24) is 4.57 Å². The summed E-state index contributed by atoms with van der Waals surface area (Å²) in [5, 5.41) is 3.10. The second kappa shape index (κ2) is 5.82. The molecular weight excluding hydrogens is 312 g/mol. The van der Waals surface area contributed by atoms with Crippen LogP contribution < -0.4 is 10.2 Å². The van der Waals surface area contributed by atoms with Gasteiger partial charge in [-0.3, -0.25) is 9.59 Å². The standard InChI is InChI=1S/C13H14N2O4S2/c1-6-5-8(12(17)19-4)11(20-6)14-10(16)9-7(2)15(3)13(18)21-9/h5H,1-4H3,(H,14,16). The van der Waals surface area contributed by atoms with Crippen LogP contribution in [0.5, 0.6) is 0 Å². The van der Waals surface area contributed by atoms with Crippen molar-refractivity contribution in [2.24, 2.45) is 7.05 Å². The number of carbonyl (C=O) groups excluding carboxylic acids is 2. The second-order valence-corrected chi connectivity index (χ2v) is 6.61. The van der Waals surface area contributed by atoms with Crippen LogP contribution in [0.25, 0.3) is 0 Å². The van der Waals surface area contributed by atoms with Gasteiger partial charge >= 0.3 is 10.8 Å². The van der Waals surface area contributed by atoms with Gasteiger partial charge in [0.2, 0.25) is 0 Å². The summed E-state index contributed by atoms with van der Waals surface area (Å²) < 4.78 is 6.11. The van der Waals surface area contributed by atoms with Crippen molar-refractivity contribution in [1.29, 1.82) is 0 Å². The monoisotopic (exact) mass is 326 g/mol. The fraction of sp³-hybridized carbons (Fsp3) is 0.308. The Morgan fingerprint density at radius 3 is 2.48 bits per heavy atom. The number of aromatic nitrogens is 1. The molecule has 2 aromatic rings. The van der Waals surface area contributed by atoms with Crippen molar-refractivity contribution in [2.45, 2.75) is 13.8 Å². The zero-order valence-electron chi connectivity index (χ0n) is 12.0. The fourth-order valence-corrected chi connectivity index (χ4v) is 3.53. The lowest BCUT2D eigenvalue weighted by Gasteiger charge is -2.04. The van der Waals surface area contributed by atoms with Crippen LogP contribution in [0, 0.1) is 13.8 Å². The molecule has 2 aromatic heterocycles. The van der Waals surface area contributed by atoms with Crippen molar-refractivity contribution in [2.75, 3.05) is 12.4 Å². The summed E-state index contributed by atoms with van der Waals surface area (Å²) in [6, 6.07) is 1.66. The number of methoxy groups -OCH3 is 1. The van der Waals surface area contributed by atoms with Gasteiger partial charge in [-0.05, 0) is 19.9 Å². The first-order valence-electron chi connectivity index (χ1n) is 6.01. The van der Waals surface area contributed by atoms with Gasteiger partial charge in [0.1, 0.15) is 9.88 Å². The van der Waals surface area contributed by atoms with Gasteiger partial charge in [0, 0.05) is 17.6 Å². The molecule has 0 spiro atoms. The normalized spacial score (nSPS) is 10.5. The summed E-state index contributed by atoms with van der Waals surface area (Å²) in [5.41, 5.74) is 0.907. The first kappa shape index (κ1) is 15.5. The van der Waals surface area contributed by atoms with Gasteiger partial charge in [-0.2, -0.15) is 0 Å². The number of thiazole rings is 1. The molecule has 6 nitrogen and oxygen atoms in total. The number of anilines is 1. The number of carbonyl (C=O) groups is 2. The van der Waals surface area contributed by atoms with E-state index >= 15 is 0 Å². The van der Waals surface area contributed by atoms with E-state index in [0.717, 1.165) is 16.2 Å². The number of nitrogens with one attached hydrogen (secondary N) is 1. The molecule has 0 bridgehead atoms. The van der Waals surface area contributed by atoms with E-state index in [0.29, 0.717) is 21.1 Å². The predicted molar refractivity (Wildman–Crippen MR) is 82.6 cm³/mol. The van der Waals surface area contributed by atoms with Crippen molar-refractivity contribution < 1.29 is 14.3 Å². The zero-order valence-corrected chi connectivity index (χ0v) is 13.6. The van der Waals surface area contributed by atoms with Gasteiger partial charge in [0.05, 0.1) is 12.7 Å². The van der Waals surface area contributed by atoms with E-state index in [1.165, 1.54) is 23.0 Å². The molecule has 8 heteroatoms.